The maximum absolute atomic E-state index is 2.12. The molecule has 0 aliphatic rings. The fraction of sp³-hybridized carbons (Fsp3) is 1.00. The summed E-state index contributed by atoms with van der Waals surface area (Å²) in [6.07, 6.45) is 1.25. The fourth-order valence-electron chi connectivity index (χ4n) is 0. The summed E-state index contributed by atoms with van der Waals surface area (Å²) in [6, 6.07) is 0. The normalized spacial score (nSPS) is 2.00. The Kier molecular flexibility index (Phi) is 246. The molecule has 0 amide bonds. The molecule has 0 rings (SSSR count). The van der Waals surface area contributed by atoms with Crippen molar-refractivity contribution in [1.29, 1.82) is 0 Å². The Hall–Kier alpha value is 6.00. The van der Waals surface area contributed by atoms with Crippen LogP contribution in [0.4, 0.5) is 0 Å². The van der Waals surface area contributed by atoms with E-state index >= 15 is 0 Å². The first-order valence-corrected chi connectivity index (χ1v) is 1.41. The van der Waals surface area contributed by atoms with Crippen LogP contribution >= 0.6 is 0 Å². The zero-order chi connectivity index (χ0) is 2.71. The van der Waals surface area contributed by atoms with Crippen LogP contribution < -0.4 is 0 Å². The molecule has 9 heavy (non-hydrogen) atoms. The standard InChI is InChI=1S/C3H8.6Na/c1-3-2;;;;;;/h3H2,1-2H3;;;;;;. The van der Waals surface area contributed by atoms with Crippen molar-refractivity contribution in [2.24, 2.45) is 0 Å². The topological polar surface area (TPSA) is 0 Å². The molecule has 0 unspecified atom stereocenters. The average molecular weight is 182 g/mol. The molecule has 0 heterocycles. The molecule has 0 aliphatic heterocycles. The summed E-state index contributed by atoms with van der Waals surface area (Å²) < 4.78 is 0. The van der Waals surface area contributed by atoms with Crippen LogP contribution in [-0.2, 0) is 0 Å². The van der Waals surface area contributed by atoms with Crippen molar-refractivity contribution in [3.63, 3.8) is 0 Å². The zero-order valence-electron chi connectivity index (χ0n) is 8.71. The predicted octanol–water partition coefficient (Wildman–Crippen LogP) is -0.869. The molecule has 0 saturated heterocycles. The summed E-state index contributed by atoms with van der Waals surface area (Å²) in [5.74, 6) is 0. The fourth-order valence-corrected chi connectivity index (χ4v) is 0. The van der Waals surface area contributed by atoms with Crippen LogP contribution in [0.25, 0.3) is 0 Å². The molecule has 0 nitrogen and oxygen atoms in total. The van der Waals surface area contributed by atoms with Gasteiger partial charge in [-0.1, -0.05) is 20.3 Å². The van der Waals surface area contributed by atoms with Gasteiger partial charge in [-0.25, -0.2) is 0 Å². The van der Waals surface area contributed by atoms with Crippen molar-refractivity contribution in [1.82, 2.24) is 0 Å². The van der Waals surface area contributed by atoms with E-state index in [1.807, 2.05) is 0 Å². The summed E-state index contributed by atoms with van der Waals surface area (Å²) in [6.45, 7) is 4.25. The van der Waals surface area contributed by atoms with E-state index in [2.05, 4.69) is 13.8 Å². The van der Waals surface area contributed by atoms with E-state index in [0.29, 0.717) is 0 Å². The third-order valence-electron chi connectivity index (χ3n) is 0. The van der Waals surface area contributed by atoms with E-state index in [9.17, 15) is 0 Å². The van der Waals surface area contributed by atoms with Gasteiger partial charge in [0.05, 0.1) is 0 Å². The van der Waals surface area contributed by atoms with Crippen molar-refractivity contribution in [2.45, 2.75) is 20.3 Å². The Bertz CT molecular complexity index is 8.26. The minimum absolute atomic E-state index is 0. The SMILES string of the molecule is CCC.[Na].[Na].[Na].[Na].[Na].[Na]. The molecular weight excluding hydrogens is 174 g/mol. The van der Waals surface area contributed by atoms with Crippen LogP contribution in [0.15, 0.2) is 0 Å². The first kappa shape index (κ1) is 45.9. The van der Waals surface area contributed by atoms with Gasteiger partial charge in [0.2, 0.25) is 0 Å². The third kappa shape index (κ3) is 56.0. The summed E-state index contributed by atoms with van der Waals surface area (Å²) in [5, 5.41) is 0. The largest absolute Gasteiger partial charge is 0.0656 e. The van der Waals surface area contributed by atoms with Crippen molar-refractivity contribution in [2.75, 3.05) is 0 Å². The van der Waals surface area contributed by atoms with E-state index in [1.54, 1.807) is 0 Å². The van der Waals surface area contributed by atoms with Gasteiger partial charge in [-0.3, -0.25) is 0 Å². The summed E-state index contributed by atoms with van der Waals surface area (Å²) >= 11 is 0. The maximum atomic E-state index is 2.12. The molecule has 26 valence electrons. The molecular formula is C3H8Na6. The Balaban J connectivity index is -0.00000000133. The van der Waals surface area contributed by atoms with Crippen molar-refractivity contribution >= 4 is 177 Å². The molecule has 0 atom stereocenters. The van der Waals surface area contributed by atoms with Crippen LogP contribution in [0, 0.1) is 0 Å². The van der Waals surface area contributed by atoms with Crippen molar-refractivity contribution < 1.29 is 0 Å². The molecule has 0 spiro atoms. The smallest absolute Gasteiger partial charge is 0 e. The van der Waals surface area contributed by atoms with Gasteiger partial charge in [-0.2, -0.15) is 0 Å². The summed E-state index contributed by atoms with van der Waals surface area (Å²) in [7, 11) is 0. The molecule has 0 N–H and O–H groups in total. The molecule has 0 aliphatic carbocycles. The van der Waals surface area contributed by atoms with Gasteiger partial charge < -0.3 is 0 Å². The number of rotatable bonds is 0. The summed E-state index contributed by atoms with van der Waals surface area (Å²) in [4.78, 5) is 0. The van der Waals surface area contributed by atoms with Gasteiger partial charge in [0, 0.05) is 177 Å². The molecule has 0 saturated carbocycles. The Morgan fingerprint density at radius 1 is 0.556 bits per heavy atom. The second kappa shape index (κ2) is 48.3. The van der Waals surface area contributed by atoms with Gasteiger partial charge in [0.15, 0.2) is 0 Å². The van der Waals surface area contributed by atoms with E-state index in [-0.39, 0.29) is 177 Å². The zero-order valence-corrected chi connectivity index (χ0v) is 20.7. The van der Waals surface area contributed by atoms with Crippen LogP contribution in [-0.4, -0.2) is 177 Å². The molecule has 0 fully saturated rings. The third-order valence-corrected chi connectivity index (χ3v) is 0. The van der Waals surface area contributed by atoms with E-state index in [0.717, 1.165) is 0 Å². The van der Waals surface area contributed by atoms with Crippen LogP contribution in [0.3, 0.4) is 0 Å². The van der Waals surface area contributed by atoms with Gasteiger partial charge in [0.1, 0.15) is 0 Å². The molecule has 6 heteroatoms. The molecule has 6 radical (unpaired) electrons. The summed E-state index contributed by atoms with van der Waals surface area (Å²) in [5.41, 5.74) is 0. The van der Waals surface area contributed by atoms with Crippen molar-refractivity contribution in [3.8, 4) is 0 Å². The molecule has 0 aromatic rings. The van der Waals surface area contributed by atoms with E-state index in [4.69, 9.17) is 0 Å². The quantitative estimate of drug-likeness (QED) is 0.427. The molecule has 0 aromatic heterocycles. The Morgan fingerprint density at radius 2 is 0.556 bits per heavy atom. The predicted molar refractivity (Wildman–Crippen MR) is 50.5 cm³/mol. The van der Waals surface area contributed by atoms with E-state index < -0.39 is 0 Å². The second-order valence-corrected chi connectivity index (χ2v) is 0.707. The van der Waals surface area contributed by atoms with Gasteiger partial charge in [0.25, 0.3) is 0 Å². The van der Waals surface area contributed by atoms with Crippen LogP contribution in [0.1, 0.15) is 20.3 Å². The number of hydrogen-bond donors (Lipinski definition) is 0. The van der Waals surface area contributed by atoms with E-state index in [1.165, 1.54) is 6.42 Å². The van der Waals surface area contributed by atoms with Gasteiger partial charge in [-0.15, -0.1) is 0 Å². The first-order chi connectivity index (χ1) is 1.41. The number of hydrogen-bond acceptors (Lipinski definition) is 0. The molecule has 0 aromatic carbocycles. The van der Waals surface area contributed by atoms with Gasteiger partial charge in [-0.05, 0) is 0 Å². The van der Waals surface area contributed by atoms with Gasteiger partial charge >= 0.3 is 0 Å². The van der Waals surface area contributed by atoms with Crippen LogP contribution in [0.5, 0.6) is 0 Å². The Labute approximate surface area is 192 Å². The van der Waals surface area contributed by atoms with Crippen molar-refractivity contribution in [3.05, 3.63) is 0 Å². The van der Waals surface area contributed by atoms with Crippen LogP contribution in [0.2, 0.25) is 0 Å². The second-order valence-electron chi connectivity index (χ2n) is 0.707. The molecule has 0 bridgehead atoms. The minimum Gasteiger partial charge on any atom is -0.0656 e. The maximum Gasteiger partial charge on any atom is 0 e. The first-order valence-electron chi connectivity index (χ1n) is 1.41. The average Bonchev–Trinajstić information content (AvgIpc) is 0.918. The minimum atomic E-state index is 0. The Morgan fingerprint density at radius 3 is 0.556 bits per heavy atom. The monoisotopic (exact) mass is 182 g/mol.